The summed E-state index contributed by atoms with van der Waals surface area (Å²) in [6, 6.07) is 16.9. The first kappa shape index (κ1) is 21.7. The second kappa shape index (κ2) is 9.69. The van der Waals surface area contributed by atoms with Crippen molar-refractivity contribution in [1.82, 2.24) is 14.4 Å². The lowest BCUT2D eigenvalue weighted by molar-refractivity contribution is -0.130. The van der Waals surface area contributed by atoms with Crippen LogP contribution in [0.15, 0.2) is 60.8 Å². The van der Waals surface area contributed by atoms with E-state index in [1.54, 1.807) is 11.6 Å². The van der Waals surface area contributed by atoms with E-state index in [1.165, 1.54) is 4.90 Å². The minimum atomic E-state index is -0.678. The van der Waals surface area contributed by atoms with Gasteiger partial charge in [0.2, 0.25) is 5.91 Å². The summed E-state index contributed by atoms with van der Waals surface area (Å²) in [7, 11) is 5.69. The molecule has 0 saturated carbocycles. The van der Waals surface area contributed by atoms with Gasteiger partial charge in [-0.1, -0.05) is 48.5 Å². The average Bonchev–Trinajstić information content (AvgIpc) is 3.11. The lowest BCUT2D eigenvalue weighted by Crippen LogP contribution is -2.45. The summed E-state index contributed by atoms with van der Waals surface area (Å²) < 4.78 is 1.66. The third-order valence-corrected chi connectivity index (χ3v) is 5.26. The van der Waals surface area contributed by atoms with Gasteiger partial charge in [-0.25, -0.2) is 0 Å². The van der Waals surface area contributed by atoms with Crippen LogP contribution < -0.4 is 5.73 Å². The Morgan fingerprint density at radius 3 is 2.37 bits per heavy atom. The van der Waals surface area contributed by atoms with Crippen LogP contribution in [-0.2, 0) is 17.6 Å². The highest BCUT2D eigenvalue weighted by atomic mass is 16.2. The van der Waals surface area contributed by atoms with Crippen LogP contribution in [0.3, 0.4) is 0 Å². The van der Waals surface area contributed by atoms with Crippen LogP contribution in [0.25, 0.3) is 10.9 Å². The van der Waals surface area contributed by atoms with E-state index >= 15 is 0 Å². The number of aromatic nitrogens is 1. The number of carbonyl (C=O) groups is 2. The molecule has 30 heavy (non-hydrogen) atoms. The summed E-state index contributed by atoms with van der Waals surface area (Å²) in [6.45, 7) is 0.877. The zero-order valence-electron chi connectivity index (χ0n) is 17.9. The molecule has 0 spiro atoms. The molecule has 0 aliphatic heterocycles. The highest BCUT2D eigenvalue weighted by Crippen LogP contribution is 2.22. The number of hydrogen-bond acceptors (Lipinski definition) is 4. The molecule has 3 rings (SSSR count). The molecular formula is C24H30N4O2. The Bertz CT molecular complexity index is 1010. The van der Waals surface area contributed by atoms with Crippen molar-refractivity contribution < 1.29 is 9.59 Å². The smallest absolute Gasteiger partial charge is 0.250 e. The molecule has 0 aliphatic rings. The number of rotatable bonds is 8. The molecule has 0 radical (unpaired) electrons. The minimum absolute atomic E-state index is 0.0207. The molecule has 3 aromatic rings. The van der Waals surface area contributed by atoms with Gasteiger partial charge in [0.05, 0.1) is 11.6 Å². The van der Waals surface area contributed by atoms with E-state index in [4.69, 9.17) is 5.73 Å². The Labute approximate surface area is 177 Å². The number of carbonyl (C=O) groups excluding carboxylic acids is 2. The van der Waals surface area contributed by atoms with Crippen LogP contribution in [0.2, 0.25) is 0 Å². The predicted octanol–water partition coefficient (Wildman–Crippen LogP) is 2.41. The molecule has 0 bridgehead atoms. The molecule has 6 nitrogen and oxygen atoms in total. The highest BCUT2D eigenvalue weighted by Gasteiger charge is 2.22. The number of para-hydroxylation sites is 1. The summed E-state index contributed by atoms with van der Waals surface area (Å²) in [5, 5.41) is 1.07. The zero-order chi connectivity index (χ0) is 21.7. The van der Waals surface area contributed by atoms with Gasteiger partial charge in [0, 0.05) is 25.2 Å². The second-order valence-electron chi connectivity index (χ2n) is 7.98. The average molecular weight is 407 g/mol. The quantitative estimate of drug-likeness (QED) is 0.624. The van der Waals surface area contributed by atoms with Gasteiger partial charge in [0.25, 0.3) is 5.91 Å². The van der Waals surface area contributed by atoms with Crippen LogP contribution in [0, 0.1) is 0 Å². The first-order valence-electron chi connectivity index (χ1n) is 10.2. The van der Waals surface area contributed by atoms with Crippen molar-refractivity contribution in [3.8, 4) is 0 Å². The van der Waals surface area contributed by atoms with Crippen molar-refractivity contribution in [3.63, 3.8) is 0 Å². The van der Waals surface area contributed by atoms with Gasteiger partial charge < -0.3 is 15.5 Å². The van der Waals surface area contributed by atoms with Gasteiger partial charge >= 0.3 is 0 Å². The summed E-state index contributed by atoms with van der Waals surface area (Å²) >= 11 is 0. The van der Waals surface area contributed by atoms with E-state index in [2.05, 4.69) is 4.90 Å². The van der Waals surface area contributed by atoms with Crippen LogP contribution in [0.1, 0.15) is 15.9 Å². The molecule has 158 valence electrons. The summed E-state index contributed by atoms with van der Waals surface area (Å²) in [4.78, 5) is 29.3. The molecule has 6 heteroatoms. The zero-order valence-corrected chi connectivity index (χ0v) is 17.9. The van der Waals surface area contributed by atoms with Crippen LogP contribution in [0.5, 0.6) is 0 Å². The lowest BCUT2D eigenvalue weighted by Gasteiger charge is -2.21. The molecular weight excluding hydrogens is 376 g/mol. The Kier molecular flexibility index (Phi) is 7.03. The summed E-state index contributed by atoms with van der Waals surface area (Å²) in [5.41, 5.74) is 9.11. The molecule has 2 N–H and O–H groups in total. The SMILES string of the molecule is CN(C)CCc1cn(C(=O)CN(C)C(=O)[C@H](N)Cc2ccccc2)c2ccccc12. The Hall–Kier alpha value is -2.96. The van der Waals surface area contributed by atoms with Gasteiger partial charge in [-0.05, 0) is 44.1 Å². The lowest BCUT2D eigenvalue weighted by atomic mass is 10.1. The number of nitrogens with zero attached hydrogens (tertiary/aromatic N) is 3. The predicted molar refractivity (Wildman–Crippen MR) is 121 cm³/mol. The van der Waals surface area contributed by atoms with Crippen LogP contribution in [-0.4, -0.2) is 66.5 Å². The van der Waals surface area contributed by atoms with E-state index in [1.807, 2.05) is 74.9 Å². The van der Waals surface area contributed by atoms with Crippen molar-refractivity contribution in [2.24, 2.45) is 5.73 Å². The van der Waals surface area contributed by atoms with E-state index in [-0.39, 0.29) is 18.4 Å². The molecule has 0 aliphatic carbocycles. The maximum absolute atomic E-state index is 13.0. The van der Waals surface area contributed by atoms with E-state index in [9.17, 15) is 9.59 Å². The Morgan fingerprint density at radius 2 is 1.67 bits per heavy atom. The minimum Gasteiger partial charge on any atom is -0.335 e. The monoisotopic (exact) mass is 406 g/mol. The van der Waals surface area contributed by atoms with Crippen LogP contribution >= 0.6 is 0 Å². The molecule has 1 amide bonds. The molecule has 2 aromatic carbocycles. The number of fused-ring (bicyclic) bond motifs is 1. The fourth-order valence-electron chi connectivity index (χ4n) is 3.60. The van der Waals surface area contributed by atoms with Crippen molar-refractivity contribution in [1.29, 1.82) is 0 Å². The van der Waals surface area contributed by atoms with Gasteiger partial charge in [0.1, 0.15) is 6.54 Å². The fraction of sp³-hybridized carbons (Fsp3) is 0.333. The number of likely N-dealkylation sites (N-methyl/N-ethyl adjacent to an activating group) is 2. The highest BCUT2D eigenvalue weighted by molar-refractivity contribution is 5.96. The van der Waals surface area contributed by atoms with Gasteiger partial charge in [-0.15, -0.1) is 0 Å². The van der Waals surface area contributed by atoms with Crippen molar-refractivity contribution >= 4 is 22.7 Å². The third-order valence-electron chi connectivity index (χ3n) is 5.26. The third kappa shape index (κ3) is 5.14. The van der Waals surface area contributed by atoms with Gasteiger partial charge in [-0.3, -0.25) is 14.2 Å². The normalized spacial score (nSPS) is 12.3. The molecule has 0 fully saturated rings. The largest absolute Gasteiger partial charge is 0.335 e. The second-order valence-corrected chi connectivity index (χ2v) is 7.98. The molecule has 1 heterocycles. The van der Waals surface area contributed by atoms with Crippen molar-refractivity contribution in [2.45, 2.75) is 18.9 Å². The van der Waals surface area contributed by atoms with Crippen molar-refractivity contribution in [3.05, 3.63) is 71.9 Å². The number of amides is 1. The van der Waals surface area contributed by atoms with E-state index in [0.717, 1.165) is 35.0 Å². The fourth-order valence-corrected chi connectivity index (χ4v) is 3.60. The maximum Gasteiger partial charge on any atom is 0.250 e. The van der Waals surface area contributed by atoms with Gasteiger partial charge in [0.15, 0.2) is 0 Å². The summed E-state index contributed by atoms with van der Waals surface area (Å²) in [6.07, 6.45) is 3.20. The standard InChI is InChI=1S/C24H30N4O2/c1-26(2)14-13-19-16-28(22-12-8-7-11-20(19)22)23(29)17-27(3)24(30)21(25)15-18-9-5-4-6-10-18/h4-12,16,21H,13-15,17,25H2,1-3H3/t21-/m1/s1. The van der Waals surface area contributed by atoms with E-state index in [0.29, 0.717) is 6.42 Å². The topological polar surface area (TPSA) is 71.6 Å². The molecule has 0 saturated heterocycles. The van der Waals surface area contributed by atoms with E-state index < -0.39 is 6.04 Å². The number of benzene rings is 2. The Balaban J connectivity index is 1.72. The summed E-state index contributed by atoms with van der Waals surface area (Å²) in [5.74, 6) is -0.387. The molecule has 1 atom stereocenters. The number of hydrogen-bond donors (Lipinski definition) is 1. The Morgan fingerprint density at radius 1 is 1.00 bits per heavy atom. The van der Waals surface area contributed by atoms with Gasteiger partial charge in [-0.2, -0.15) is 0 Å². The van der Waals surface area contributed by atoms with Crippen LogP contribution in [0.4, 0.5) is 0 Å². The first-order valence-corrected chi connectivity index (χ1v) is 10.2. The number of nitrogens with two attached hydrogens (primary N) is 1. The first-order chi connectivity index (χ1) is 14.4. The molecule has 1 aromatic heterocycles. The molecule has 0 unspecified atom stereocenters. The van der Waals surface area contributed by atoms with Crippen molar-refractivity contribution in [2.75, 3.05) is 34.2 Å². The maximum atomic E-state index is 13.0.